The minimum Gasteiger partial charge on any atom is -0.0768 e. The van der Waals surface area contributed by atoms with Crippen LogP contribution in [0.4, 0.5) is 0 Å². The Morgan fingerprint density at radius 1 is 0.286 bits per heavy atom. The summed E-state index contributed by atoms with van der Waals surface area (Å²) in [5, 5.41) is 2.43. The first-order valence-electron chi connectivity index (χ1n) is 11.2. The highest BCUT2D eigenvalue weighted by atomic mass is 29.5. The molecule has 0 aliphatic carbocycles. The highest BCUT2D eigenvalue weighted by Gasteiger charge is 2.61. The molecule has 0 aliphatic rings. The van der Waals surface area contributed by atoms with Crippen LogP contribution in [-0.4, -0.2) is 31.1 Å². The zero-order valence-corrected chi connectivity index (χ0v) is 27.0. The van der Waals surface area contributed by atoms with Gasteiger partial charge in [0.25, 0.3) is 0 Å². The average Bonchev–Trinajstić information content (AvgIpc) is 2.23. The van der Waals surface area contributed by atoms with Crippen molar-refractivity contribution in [3.8, 4) is 0 Å². The standard InChI is InChI=1S/C24H54Si4/c1-19(2,3)27(20(4,5)6,21(7,8)9)25-26-28(22(10,11)12,23(13,14)15)24(16,17)18/h1-18H3. The van der Waals surface area contributed by atoms with E-state index in [-0.39, 0.29) is 0 Å². The summed E-state index contributed by atoms with van der Waals surface area (Å²) in [6, 6.07) is 0. The lowest BCUT2D eigenvalue weighted by molar-refractivity contribution is 0.554. The fourth-order valence-electron chi connectivity index (χ4n) is 8.06. The topological polar surface area (TPSA) is 0 Å². The van der Waals surface area contributed by atoms with E-state index in [0.717, 1.165) is 15.9 Å². The van der Waals surface area contributed by atoms with Gasteiger partial charge in [0.1, 0.15) is 15.2 Å². The minimum atomic E-state index is -1.67. The maximum atomic E-state index is 2.57. The molecule has 0 heterocycles. The molecule has 0 N–H and O–H groups in total. The van der Waals surface area contributed by atoms with Gasteiger partial charge in [0.2, 0.25) is 0 Å². The SMILES string of the molecule is CC(C)(C)[Si]([Si]#[Si][Si](C(C)(C)C)(C(C)(C)C)C(C)(C)C)(C(C)(C)C)C(C)(C)C. The van der Waals surface area contributed by atoms with Crippen LogP contribution in [0.15, 0.2) is 0 Å². The molecule has 0 bridgehead atoms. The zero-order chi connectivity index (χ0) is 23.4. The van der Waals surface area contributed by atoms with Gasteiger partial charge in [0.15, 0.2) is 0 Å². The summed E-state index contributed by atoms with van der Waals surface area (Å²) in [6.45, 7) is 46.3. The van der Waals surface area contributed by atoms with Gasteiger partial charge in [-0.3, -0.25) is 0 Å². The summed E-state index contributed by atoms with van der Waals surface area (Å²) in [7, 11) is -1.05. The van der Waals surface area contributed by atoms with Gasteiger partial charge in [-0.05, 0) is 30.2 Å². The number of hydrogen-bond donors (Lipinski definition) is 0. The molecule has 0 unspecified atom stereocenters. The van der Waals surface area contributed by atoms with Gasteiger partial charge in [-0.2, -0.15) is 0 Å². The largest absolute Gasteiger partial charge is 0.115 e. The average molecular weight is 455 g/mol. The Hall–Kier alpha value is 0.868. The molecule has 0 saturated carbocycles. The van der Waals surface area contributed by atoms with E-state index in [9.17, 15) is 0 Å². The molecule has 0 aromatic heterocycles. The quantitative estimate of drug-likeness (QED) is 0.320. The second-order valence-electron chi connectivity index (χ2n) is 15.2. The summed E-state index contributed by atoms with van der Waals surface area (Å²) in [5.74, 6) is 0. The van der Waals surface area contributed by atoms with Crippen LogP contribution in [-0.2, 0) is 0 Å². The molecule has 0 spiro atoms. The molecular weight excluding hydrogens is 401 g/mol. The van der Waals surface area contributed by atoms with E-state index in [1.165, 1.54) is 0 Å². The fraction of sp³-hybridized carbons (Fsp3) is 1.00. The van der Waals surface area contributed by atoms with Crippen LogP contribution in [0, 0.1) is 0 Å². The molecular formula is C24H54Si4. The van der Waals surface area contributed by atoms with E-state index in [2.05, 4.69) is 125 Å². The Bertz CT molecular complexity index is 480. The molecule has 0 rings (SSSR count). The van der Waals surface area contributed by atoms with Crippen molar-refractivity contribution in [2.45, 2.75) is 155 Å². The van der Waals surface area contributed by atoms with E-state index in [1.807, 2.05) is 0 Å². The van der Waals surface area contributed by atoms with Gasteiger partial charge in [0, 0.05) is 0 Å². The molecule has 28 heavy (non-hydrogen) atoms. The van der Waals surface area contributed by atoms with Gasteiger partial charge in [0.05, 0.1) is 0 Å². The summed E-state index contributed by atoms with van der Waals surface area (Å²) >= 11 is 0. The van der Waals surface area contributed by atoms with Crippen LogP contribution in [0.5, 0.6) is 0 Å². The normalized spacial score (nSPS) is 15.9. The molecule has 0 aromatic rings. The fourth-order valence-corrected chi connectivity index (χ4v) is 65.8. The highest BCUT2D eigenvalue weighted by Crippen LogP contribution is 2.62. The maximum Gasteiger partial charge on any atom is 0.115 e. The number of rotatable bonds is 0. The lowest BCUT2D eigenvalue weighted by Gasteiger charge is -2.59. The highest BCUT2D eigenvalue weighted by molar-refractivity contribution is 7.42. The van der Waals surface area contributed by atoms with Gasteiger partial charge in [-0.15, -0.1) is 0 Å². The van der Waals surface area contributed by atoms with Crippen molar-refractivity contribution in [2.75, 3.05) is 0 Å². The summed E-state index contributed by atoms with van der Waals surface area (Å²) in [6.07, 6.45) is 0. The molecule has 0 aromatic carbocycles. The summed E-state index contributed by atoms with van der Waals surface area (Å²) in [5.41, 5.74) is 0. The van der Waals surface area contributed by atoms with Crippen molar-refractivity contribution in [3.05, 3.63) is 0 Å². The predicted molar refractivity (Wildman–Crippen MR) is 141 cm³/mol. The second kappa shape index (κ2) is 7.77. The minimum absolute atomic E-state index is 0.405. The zero-order valence-electron chi connectivity index (χ0n) is 23.0. The number of hydrogen-bond acceptors (Lipinski definition) is 0. The Labute approximate surface area is 185 Å². The molecule has 0 fully saturated rings. The lowest BCUT2D eigenvalue weighted by Crippen LogP contribution is -2.65. The molecule has 0 aliphatic heterocycles. The van der Waals surface area contributed by atoms with Crippen molar-refractivity contribution in [2.24, 2.45) is 0 Å². The van der Waals surface area contributed by atoms with Gasteiger partial charge in [-0.1, -0.05) is 140 Å². The first kappa shape index (κ1) is 28.9. The van der Waals surface area contributed by atoms with E-state index < -0.39 is 15.2 Å². The van der Waals surface area contributed by atoms with Crippen LogP contribution >= 0.6 is 0 Å². The molecule has 166 valence electrons. The summed E-state index contributed by atoms with van der Waals surface area (Å²) in [4.78, 5) is 0. The maximum absolute atomic E-state index is 2.57. The Balaban J connectivity index is 7.58. The van der Waals surface area contributed by atoms with E-state index in [4.69, 9.17) is 0 Å². The van der Waals surface area contributed by atoms with Gasteiger partial charge < -0.3 is 0 Å². The van der Waals surface area contributed by atoms with Crippen molar-refractivity contribution in [3.63, 3.8) is 0 Å². The molecule has 0 amide bonds. The van der Waals surface area contributed by atoms with E-state index >= 15 is 0 Å². The third-order valence-corrected chi connectivity index (χ3v) is 48.9. The van der Waals surface area contributed by atoms with Crippen molar-refractivity contribution < 1.29 is 0 Å². The first-order valence-corrected chi connectivity index (χ1v) is 20.2. The molecule has 0 nitrogen and oxygen atoms in total. The van der Waals surface area contributed by atoms with Crippen LogP contribution in [0.25, 0.3) is 0 Å². The van der Waals surface area contributed by atoms with Gasteiger partial charge in [-0.25, -0.2) is 0 Å². The monoisotopic (exact) mass is 454 g/mol. The van der Waals surface area contributed by atoms with E-state index in [0.29, 0.717) is 30.2 Å². The van der Waals surface area contributed by atoms with Crippen LogP contribution < -0.4 is 0 Å². The first-order chi connectivity index (χ1) is 11.7. The molecule has 4 heteroatoms. The smallest absolute Gasteiger partial charge is 0.0768 e. The molecule has 0 atom stereocenters. The molecule has 0 saturated heterocycles. The van der Waals surface area contributed by atoms with Crippen LogP contribution in [0.3, 0.4) is 0 Å². The summed E-state index contributed by atoms with van der Waals surface area (Å²) < 4.78 is 0. The van der Waals surface area contributed by atoms with Gasteiger partial charge >= 0.3 is 0 Å². The van der Waals surface area contributed by atoms with Crippen LogP contribution in [0.2, 0.25) is 30.2 Å². The molecule has 0 radical (unpaired) electrons. The Morgan fingerprint density at radius 2 is 0.393 bits per heavy atom. The third-order valence-electron chi connectivity index (χ3n) is 7.19. The Morgan fingerprint density at radius 3 is 0.464 bits per heavy atom. The lowest BCUT2D eigenvalue weighted by atomic mass is 10.2. The van der Waals surface area contributed by atoms with Crippen molar-refractivity contribution in [1.29, 1.82) is 0 Å². The third kappa shape index (κ3) is 4.70. The van der Waals surface area contributed by atoms with E-state index in [1.54, 1.807) is 0 Å². The Kier molecular flexibility index (Phi) is 8.02. The van der Waals surface area contributed by atoms with Crippen LogP contribution in [0.1, 0.15) is 125 Å². The predicted octanol–water partition coefficient (Wildman–Crippen LogP) is 9.00. The van der Waals surface area contributed by atoms with Crippen molar-refractivity contribution in [1.82, 2.24) is 0 Å². The van der Waals surface area contributed by atoms with Crippen molar-refractivity contribution >= 4 is 31.1 Å². The second-order valence-corrected chi connectivity index (χ2v) is 38.2.